The molecule has 0 spiro atoms. The molecule has 0 unspecified atom stereocenters. The lowest BCUT2D eigenvalue weighted by Gasteiger charge is -1.97. The van der Waals surface area contributed by atoms with Crippen LogP contribution in [0.5, 0.6) is 0 Å². The van der Waals surface area contributed by atoms with Gasteiger partial charge < -0.3 is 8.83 Å². The average molecular weight is 310 g/mol. The first-order chi connectivity index (χ1) is 10.9. The Kier molecular flexibility index (Phi) is 3.32. The summed E-state index contributed by atoms with van der Waals surface area (Å²) < 4.78 is 10.9. The van der Waals surface area contributed by atoms with Crippen LogP contribution in [0.3, 0.4) is 0 Å². The molecule has 0 aliphatic rings. The van der Waals surface area contributed by atoms with E-state index in [1.54, 1.807) is 12.4 Å². The Bertz CT molecular complexity index is 904. The molecule has 0 aliphatic heterocycles. The molecule has 0 bridgehead atoms. The zero-order valence-electron chi connectivity index (χ0n) is 11.3. The van der Waals surface area contributed by atoms with E-state index >= 15 is 0 Å². The third-order valence-electron chi connectivity index (χ3n) is 3.09. The van der Waals surface area contributed by atoms with Crippen LogP contribution in [-0.4, -0.2) is 20.2 Å². The Morgan fingerprint density at radius 2 is 1.95 bits per heavy atom. The molecular weight excluding hydrogens is 300 g/mol. The van der Waals surface area contributed by atoms with Gasteiger partial charge in [0.1, 0.15) is 5.52 Å². The minimum Gasteiger partial charge on any atom is -0.443 e. The van der Waals surface area contributed by atoms with Gasteiger partial charge in [-0.3, -0.25) is 4.98 Å². The second kappa shape index (κ2) is 5.61. The quantitative estimate of drug-likeness (QED) is 0.533. The highest BCUT2D eigenvalue weighted by molar-refractivity contribution is 7.98. The molecule has 4 aromatic rings. The van der Waals surface area contributed by atoms with Crippen molar-refractivity contribution in [1.29, 1.82) is 0 Å². The molecular formula is C15H10N4O2S. The maximum Gasteiger partial charge on any atom is 0.277 e. The molecule has 0 N–H and O–H groups in total. The summed E-state index contributed by atoms with van der Waals surface area (Å²) in [5.41, 5.74) is 3.61. The SMILES string of the molecule is c1cc(-c2nnc(SCc3ccc4ocnc4c3)o2)ccn1. The van der Waals surface area contributed by atoms with Crippen LogP contribution in [0.2, 0.25) is 0 Å². The van der Waals surface area contributed by atoms with Crippen molar-refractivity contribution in [3.8, 4) is 11.5 Å². The Hall–Kier alpha value is -2.67. The topological polar surface area (TPSA) is 77.8 Å². The van der Waals surface area contributed by atoms with Crippen molar-refractivity contribution in [3.05, 3.63) is 54.7 Å². The van der Waals surface area contributed by atoms with Crippen molar-refractivity contribution in [2.45, 2.75) is 11.0 Å². The first-order valence-corrected chi connectivity index (χ1v) is 7.56. The number of fused-ring (bicyclic) bond motifs is 1. The monoisotopic (exact) mass is 310 g/mol. The van der Waals surface area contributed by atoms with Crippen LogP contribution in [0.15, 0.2) is 63.2 Å². The van der Waals surface area contributed by atoms with Gasteiger partial charge >= 0.3 is 0 Å². The molecule has 4 rings (SSSR count). The van der Waals surface area contributed by atoms with Crippen molar-refractivity contribution in [2.24, 2.45) is 0 Å². The fraction of sp³-hybridized carbons (Fsp3) is 0.0667. The molecule has 108 valence electrons. The first-order valence-electron chi connectivity index (χ1n) is 6.57. The summed E-state index contributed by atoms with van der Waals surface area (Å²) in [5, 5.41) is 8.63. The number of pyridine rings is 1. The molecule has 6 nitrogen and oxygen atoms in total. The molecule has 7 heteroatoms. The van der Waals surface area contributed by atoms with Crippen LogP contribution in [0.1, 0.15) is 5.56 Å². The molecule has 0 saturated carbocycles. The van der Waals surface area contributed by atoms with Gasteiger partial charge in [-0.15, -0.1) is 10.2 Å². The van der Waals surface area contributed by atoms with Gasteiger partial charge in [-0.1, -0.05) is 17.8 Å². The Labute approximate surface area is 129 Å². The zero-order valence-corrected chi connectivity index (χ0v) is 12.2. The van der Waals surface area contributed by atoms with E-state index in [1.807, 2.05) is 30.3 Å². The second-order valence-corrected chi connectivity index (χ2v) is 5.48. The summed E-state index contributed by atoms with van der Waals surface area (Å²) in [6.07, 6.45) is 4.83. The van der Waals surface area contributed by atoms with Gasteiger partial charge in [-0.25, -0.2) is 4.98 Å². The van der Waals surface area contributed by atoms with E-state index in [-0.39, 0.29) is 0 Å². The van der Waals surface area contributed by atoms with Crippen molar-refractivity contribution >= 4 is 22.9 Å². The summed E-state index contributed by atoms with van der Waals surface area (Å²) in [4.78, 5) is 8.11. The van der Waals surface area contributed by atoms with Gasteiger partial charge in [0.15, 0.2) is 12.0 Å². The van der Waals surface area contributed by atoms with E-state index in [1.165, 1.54) is 18.2 Å². The number of thioether (sulfide) groups is 1. The summed E-state index contributed by atoms with van der Waals surface area (Å²) in [7, 11) is 0. The van der Waals surface area contributed by atoms with Gasteiger partial charge in [0.05, 0.1) is 0 Å². The zero-order chi connectivity index (χ0) is 14.8. The molecule has 22 heavy (non-hydrogen) atoms. The highest BCUT2D eigenvalue weighted by Gasteiger charge is 2.09. The number of nitrogens with zero attached hydrogens (tertiary/aromatic N) is 4. The second-order valence-electron chi connectivity index (χ2n) is 4.55. The first kappa shape index (κ1) is 13.0. The van der Waals surface area contributed by atoms with Crippen LogP contribution in [0.4, 0.5) is 0 Å². The lowest BCUT2D eigenvalue weighted by atomic mass is 10.2. The maximum atomic E-state index is 5.64. The van der Waals surface area contributed by atoms with Gasteiger partial charge in [0, 0.05) is 23.7 Å². The van der Waals surface area contributed by atoms with Crippen molar-refractivity contribution < 1.29 is 8.83 Å². The smallest absolute Gasteiger partial charge is 0.277 e. The van der Waals surface area contributed by atoms with E-state index in [4.69, 9.17) is 8.83 Å². The summed E-state index contributed by atoms with van der Waals surface area (Å²) >= 11 is 1.49. The Morgan fingerprint density at radius 1 is 1.05 bits per heavy atom. The normalized spacial score (nSPS) is 11.1. The highest BCUT2D eigenvalue weighted by Crippen LogP contribution is 2.26. The predicted molar refractivity (Wildman–Crippen MR) is 81.1 cm³/mol. The van der Waals surface area contributed by atoms with Gasteiger partial charge in [0.25, 0.3) is 5.22 Å². The lowest BCUT2D eigenvalue weighted by molar-refractivity contribution is 0.466. The highest BCUT2D eigenvalue weighted by atomic mass is 32.2. The Balaban J connectivity index is 1.48. The summed E-state index contributed by atoms with van der Waals surface area (Å²) in [6, 6.07) is 9.57. The molecule has 0 aliphatic carbocycles. The van der Waals surface area contributed by atoms with E-state index in [9.17, 15) is 0 Å². The predicted octanol–water partition coefficient (Wildman–Crippen LogP) is 3.57. The standard InChI is InChI=1S/C15H10N4O2S/c1-2-13-12(17-9-20-13)7-10(1)8-22-15-19-18-14(21-15)11-3-5-16-6-4-11/h1-7,9H,8H2. The molecule has 1 aromatic carbocycles. The van der Waals surface area contributed by atoms with E-state index < -0.39 is 0 Å². The fourth-order valence-corrected chi connectivity index (χ4v) is 2.72. The van der Waals surface area contributed by atoms with E-state index in [0.29, 0.717) is 11.1 Å². The molecule has 0 atom stereocenters. The minimum atomic E-state index is 0.497. The number of aromatic nitrogens is 4. The maximum absolute atomic E-state index is 5.64. The molecule has 0 amide bonds. The van der Waals surface area contributed by atoms with Gasteiger partial charge in [-0.2, -0.15) is 0 Å². The fourth-order valence-electron chi connectivity index (χ4n) is 2.02. The number of benzene rings is 1. The number of rotatable bonds is 4. The van der Waals surface area contributed by atoms with Crippen molar-refractivity contribution in [1.82, 2.24) is 20.2 Å². The van der Waals surface area contributed by atoms with Crippen LogP contribution in [0, 0.1) is 0 Å². The summed E-state index contributed by atoms with van der Waals surface area (Å²) in [6.45, 7) is 0. The minimum absolute atomic E-state index is 0.497. The lowest BCUT2D eigenvalue weighted by Crippen LogP contribution is -1.81. The van der Waals surface area contributed by atoms with Gasteiger partial charge in [-0.05, 0) is 29.8 Å². The number of hydrogen-bond donors (Lipinski definition) is 0. The van der Waals surface area contributed by atoms with Gasteiger partial charge in [0.2, 0.25) is 5.89 Å². The third kappa shape index (κ3) is 2.58. The number of hydrogen-bond acceptors (Lipinski definition) is 7. The molecule has 0 fully saturated rings. The summed E-state index contributed by atoms with van der Waals surface area (Å²) in [5.74, 6) is 1.22. The average Bonchev–Trinajstić information content (AvgIpc) is 3.22. The largest absolute Gasteiger partial charge is 0.443 e. The number of oxazole rings is 1. The molecule has 3 heterocycles. The van der Waals surface area contributed by atoms with E-state index in [2.05, 4.69) is 20.2 Å². The van der Waals surface area contributed by atoms with Crippen LogP contribution < -0.4 is 0 Å². The van der Waals surface area contributed by atoms with Crippen LogP contribution >= 0.6 is 11.8 Å². The van der Waals surface area contributed by atoms with Crippen molar-refractivity contribution in [2.75, 3.05) is 0 Å². The molecule has 3 aromatic heterocycles. The Morgan fingerprint density at radius 3 is 2.86 bits per heavy atom. The third-order valence-corrected chi connectivity index (χ3v) is 3.98. The van der Waals surface area contributed by atoms with Crippen molar-refractivity contribution in [3.63, 3.8) is 0 Å². The van der Waals surface area contributed by atoms with Crippen LogP contribution in [-0.2, 0) is 5.75 Å². The van der Waals surface area contributed by atoms with E-state index in [0.717, 1.165) is 28.0 Å². The molecule has 0 radical (unpaired) electrons. The van der Waals surface area contributed by atoms with Crippen LogP contribution in [0.25, 0.3) is 22.6 Å². The molecule has 0 saturated heterocycles.